The normalized spacial score (nSPS) is 10.4. The van der Waals surface area contributed by atoms with Crippen LogP contribution in [0.2, 0.25) is 0 Å². The third-order valence-corrected chi connectivity index (χ3v) is 4.29. The first-order chi connectivity index (χ1) is 11.7. The molecule has 1 heterocycles. The molecule has 3 aromatic rings. The number of thiazole rings is 1. The number of aromatic nitrogens is 1. The van der Waals surface area contributed by atoms with Crippen molar-refractivity contribution in [1.82, 2.24) is 10.3 Å². The number of carbonyl (C=O) groups is 1. The van der Waals surface area contributed by atoms with Crippen LogP contribution >= 0.6 is 11.3 Å². The van der Waals surface area contributed by atoms with Gasteiger partial charge in [0.2, 0.25) is 0 Å². The van der Waals surface area contributed by atoms with Crippen LogP contribution in [0.25, 0.3) is 11.3 Å². The van der Waals surface area contributed by atoms with Crippen LogP contribution in [0.5, 0.6) is 5.75 Å². The van der Waals surface area contributed by atoms with E-state index in [2.05, 4.69) is 10.3 Å². The van der Waals surface area contributed by atoms with E-state index < -0.39 is 0 Å². The number of nitrogens with one attached hydrogen (secondary N) is 1. The quantitative estimate of drug-likeness (QED) is 0.765. The average molecular weight is 342 g/mol. The van der Waals surface area contributed by atoms with Crippen molar-refractivity contribution in [2.45, 2.75) is 6.54 Å². The van der Waals surface area contributed by atoms with Gasteiger partial charge < -0.3 is 10.1 Å². The summed E-state index contributed by atoms with van der Waals surface area (Å²) in [5.41, 5.74) is 2.26. The second-order valence-corrected chi connectivity index (χ2v) is 5.99. The molecule has 0 aliphatic carbocycles. The third kappa shape index (κ3) is 3.78. The maximum absolute atomic E-state index is 12.9. The number of carbonyl (C=O) groups excluding carboxylic acids is 1. The van der Waals surface area contributed by atoms with E-state index in [4.69, 9.17) is 4.74 Å². The summed E-state index contributed by atoms with van der Waals surface area (Å²) in [5.74, 6) is 0.174. The molecule has 122 valence electrons. The summed E-state index contributed by atoms with van der Waals surface area (Å²) >= 11 is 1.48. The minimum absolute atomic E-state index is 0.254. The lowest BCUT2D eigenvalue weighted by molar-refractivity contribution is 0.0951. The predicted molar refractivity (Wildman–Crippen MR) is 91.7 cm³/mol. The molecule has 0 spiro atoms. The average Bonchev–Trinajstić information content (AvgIpc) is 3.09. The van der Waals surface area contributed by atoms with E-state index in [1.807, 2.05) is 29.6 Å². The predicted octanol–water partition coefficient (Wildman–Crippen LogP) is 3.89. The van der Waals surface area contributed by atoms with E-state index in [0.717, 1.165) is 22.0 Å². The van der Waals surface area contributed by atoms with Crippen molar-refractivity contribution in [1.29, 1.82) is 0 Å². The Bertz CT molecular complexity index is 829. The molecule has 0 fully saturated rings. The lowest BCUT2D eigenvalue weighted by atomic mass is 10.2. The zero-order valence-electron chi connectivity index (χ0n) is 13.0. The first-order valence-corrected chi connectivity index (χ1v) is 8.16. The third-order valence-electron chi connectivity index (χ3n) is 3.44. The van der Waals surface area contributed by atoms with Gasteiger partial charge in [-0.3, -0.25) is 4.79 Å². The monoisotopic (exact) mass is 342 g/mol. The molecule has 0 atom stereocenters. The van der Waals surface area contributed by atoms with Crippen molar-refractivity contribution in [2.24, 2.45) is 0 Å². The summed E-state index contributed by atoms with van der Waals surface area (Å²) in [6.45, 7) is 0.330. The fourth-order valence-corrected chi connectivity index (χ4v) is 2.89. The molecule has 0 radical (unpaired) electrons. The second kappa shape index (κ2) is 7.23. The fourth-order valence-electron chi connectivity index (χ4n) is 2.15. The Morgan fingerprint density at radius 3 is 2.54 bits per heavy atom. The largest absolute Gasteiger partial charge is 0.497 e. The highest BCUT2D eigenvalue weighted by atomic mass is 32.1. The maximum atomic E-state index is 12.9. The van der Waals surface area contributed by atoms with Crippen molar-refractivity contribution in [2.75, 3.05) is 7.11 Å². The summed E-state index contributed by atoms with van der Waals surface area (Å²) in [5, 5.41) is 5.53. The summed E-state index contributed by atoms with van der Waals surface area (Å²) in [4.78, 5) is 16.5. The summed E-state index contributed by atoms with van der Waals surface area (Å²) in [6.07, 6.45) is 0. The molecule has 0 unspecified atom stereocenters. The number of ether oxygens (including phenoxy) is 1. The first-order valence-electron chi connectivity index (χ1n) is 7.28. The van der Waals surface area contributed by atoms with Crippen LogP contribution in [-0.2, 0) is 6.54 Å². The zero-order valence-corrected chi connectivity index (χ0v) is 13.8. The highest BCUT2D eigenvalue weighted by Crippen LogP contribution is 2.24. The van der Waals surface area contributed by atoms with Crippen LogP contribution < -0.4 is 10.1 Å². The number of methoxy groups -OCH3 is 1. The molecule has 1 aromatic heterocycles. The number of benzene rings is 2. The topological polar surface area (TPSA) is 51.2 Å². The van der Waals surface area contributed by atoms with E-state index in [0.29, 0.717) is 12.1 Å². The molecule has 6 heteroatoms. The molecule has 0 bridgehead atoms. The molecule has 0 saturated carbocycles. The van der Waals surface area contributed by atoms with Gasteiger partial charge in [-0.25, -0.2) is 9.37 Å². The van der Waals surface area contributed by atoms with Gasteiger partial charge in [0, 0.05) is 16.5 Å². The Morgan fingerprint density at radius 2 is 1.88 bits per heavy atom. The fraction of sp³-hybridized carbons (Fsp3) is 0.111. The van der Waals surface area contributed by atoms with Crippen LogP contribution in [0.4, 0.5) is 4.39 Å². The van der Waals surface area contributed by atoms with E-state index >= 15 is 0 Å². The van der Waals surface area contributed by atoms with Crippen LogP contribution in [-0.4, -0.2) is 18.0 Å². The van der Waals surface area contributed by atoms with Crippen LogP contribution in [0.15, 0.2) is 53.9 Å². The standard InChI is InChI=1S/C18H15FN2O2S/c1-23-15-8-4-12(5-9-15)16-11-24-17(21-16)10-20-18(22)13-2-6-14(19)7-3-13/h2-9,11H,10H2,1H3,(H,20,22). The van der Waals surface area contributed by atoms with Gasteiger partial charge in [0.25, 0.3) is 5.91 Å². The Balaban J connectivity index is 1.63. The van der Waals surface area contributed by atoms with Gasteiger partial charge in [-0.1, -0.05) is 0 Å². The molecule has 3 rings (SSSR count). The molecule has 1 amide bonds. The van der Waals surface area contributed by atoms with Crippen molar-refractivity contribution in [3.63, 3.8) is 0 Å². The Kier molecular flexibility index (Phi) is 4.86. The Morgan fingerprint density at radius 1 is 1.17 bits per heavy atom. The van der Waals surface area contributed by atoms with Gasteiger partial charge in [-0.15, -0.1) is 11.3 Å². The zero-order chi connectivity index (χ0) is 16.9. The molecule has 2 aromatic carbocycles. The number of amides is 1. The van der Waals surface area contributed by atoms with Crippen molar-refractivity contribution in [3.8, 4) is 17.0 Å². The van der Waals surface area contributed by atoms with Gasteiger partial charge in [-0.2, -0.15) is 0 Å². The number of rotatable bonds is 5. The molecule has 4 nitrogen and oxygen atoms in total. The second-order valence-electron chi connectivity index (χ2n) is 5.04. The summed E-state index contributed by atoms with van der Waals surface area (Å²) in [6, 6.07) is 13.1. The van der Waals surface area contributed by atoms with E-state index in [-0.39, 0.29) is 11.7 Å². The lowest BCUT2D eigenvalue weighted by Crippen LogP contribution is -2.22. The van der Waals surface area contributed by atoms with Gasteiger partial charge in [0.15, 0.2) is 0 Å². The van der Waals surface area contributed by atoms with Crippen LogP contribution in [0.1, 0.15) is 15.4 Å². The van der Waals surface area contributed by atoms with E-state index in [1.165, 1.54) is 35.6 Å². The maximum Gasteiger partial charge on any atom is 0.251 e. The molecule has 0 aliphatic rings. The van der Waals surface area contributed by atoms with Crippen LogP contribution in [0.3, 0.4) is 0 Å². The number of hydrogen-bond acceptors (Lipinski definition) is 4. The molecule has 0 aliphatic heterocycles. The van der Waals surface area contributed by atoms with Crippen molar-refractivity contribution >= 4 is 17.2 Å². The number of hydrogen-bond donors (Lipinski definition) is 1. The molecule has 0 saturated heterocycles. The van der Waals surface area contributed by atoms with Gasteiger partial charge >= 0.3 is 0 Å². The van der Waals surface area contributed by atoms with Crippen molar-refractivity contribution < 1.29 is 13.9 Å². The summed E-state index contributed by atoms with van der Waals surface area (Å²) < 4.78 is 18.0. The molecule has 1 N–H and O–H groups in total. The number of nitrogens with zero attached hydrogens (tertiary/aromatic N) is 1. The van der Waals surface area contributed by atoms with Gasteiger partial charge in [0.05, 0.1) is 19.3 Å². The first kappa shape index (κ1) is 16.1. The minimum atomic E-state index is -0.365. The smallest absolute Gasteiger partial charge is 0.251 e. The van der Waals surface area contributed by atoms with Gasteiger partial charge in [0.1, 0.15) is 16.6 Å². The molecule has 24 heavy (non-hydrogen) atoms. The number of halogens is 1. The lowest BCUT2D eigenvalue weighted by Gasteiger charge is -2.03. The summed E-state index contributed by atoms with van der Waals surface area (Å²) in [7, 11) is 1.62. The highest BCUT2D eigenvalue weighted by Gasteiger charge is 2.08. The molecular weight excluding hydrogens is 327 g/mol. The highest BCUT2D eigenvalue weighted by molar-refractivity contribution is 7.09. The SMILES string of the molecule is COc1ccc(-c2csc(CNC(=O)c3ccc(F)cc3)n2)cc1. The minimum Gasteiger partial charge on any atom is -0.497 e. The Hall–Kier alpha value is -2.73. The van der Waals surface area contributed by atoms with Crippen LogP contribution in [0, 0.1) is 5.82 Å². The van der Waals surface area contributed by atoms with Crippen molar-refractivity contribution in [3.05, 3.63) is 70.3 Å². The molecular formula is C18H15FN2O2S. The van der Waals surface area contributed by atoms with Gasteiger partial charge in [-0.05, 0) is 48.5 Å². The van der Waals surface area contributed by atoms with E-state index in [9.17, 15) is 9.18 Å². The van der Waals surface area contributed by atoms with E-state index in [1.54, 1.807) is 7.11 Å². The Labute approximate surface area is 142 Å².